The maximum Gasteiger partial charge on any atom is 0.254 e. The van der Waals surface area contributed by atoms with Crippen molar-refractivity contribution in [1.29, 1.82) is 0 Å². The molecule has 112 valence electrons. The molecule has 2 aliphatic rings. The first-order valence-corrected chi connectivity index (χ1v) is 7.52. The summed E-state index contributed by atoms with van der Waals surface area (Å²) in [6.45, 7) is 3.45. The van der Waals surface area contributed by atoms with Gasteiger partial charge in [-0.2, -0.15) is 0 Å². The maximum atomic E-state index is 12.7. The molecule has 0 spiro atoms. The monoisotopic (exact) mass is 287 g/mol. The van der Waals surface area contributed by atoms with Crippen molar-refractivity contribution in [2.45, 2.75) is 32.2 Å². The number of aryl methyl sites for hydroxylation is 1. The fourth-order valence-electron chi connectivity index (χ4n) is 3.28. The van der Waals surface area contributed by atoms with Gasteiger partial charge in [0, 0.05) is 30.3 Å². The summed E-state index contributed by atoms with van der Waals surface area (Å²) in [7, 11) is 0. The molecule has 0 radical (unpaired) electrons. The third-order valence-electron chi connectivity index (χ3n) is 4.50. The van der Waals surface area contributed by atoms with E-state index >= 15 is 0 Å². The van der Waals surface area contributed by atoms with Gasteiger partial charge in [-0.15, -0.1) is 0 Å². The summed E-state index contributed by atoms with van der Waals surface area (Å²) >= 11 is 0. The Labute approximate surface area is 124 Å². The zero-order valence-electron chi connectivity index (χ0n) is 12.3. The normalized spacial score (nSPS) is 24.7. The van der Waals surface area contributed by atoms with Gasteiger partial charge >= 0.3 is 0 Å². The third kappa shape index (κ3) is 2.65. The summed E-state index contributed by atoms with van der Waals surface area (Å²) in [6, 6.07) is 5.79. The van der Waals surface area contributed by atoms with E-state index in [1.165, 1.54) is 0 Å². The van der Waals surface area contributed by atoms with Crippen LogP contribution in [0.1, 0.15) is 35.7 Å². The molecule has 1 saturated heterocycles. The van der Waals surface area contributed by atoms with E-state index in [-0.39, 0.29) is 17.9 Å². The molecule has 2 amide bonds. The predicted octanol–water partition coefficient (Wildman–Crippen LogP) is 1.38. The lowest BCUT2D eigenvalue weighted by Gasteiger charge is -2.23. The number of anilines is 1. The molecule has 0 bridgehead atoms. The average molecular weight is 287 g/mol. The highest BCUT2D eigenvalue weighted by atomic mass is 16.2. The van der Waals surface area contributed by atoms with Crippen LogP contribution < -0.4 is 11.1 Å². The highest BCUT2D eigenvalue weighted by molar-refractivity contribution is 5.98. The number of nitrogens with one attached hydrogen (secondary N) is 1. The van der Waals surface area contributed by atoms with Crippen molar-refractivity contribution in [3.05, 3.63) is 29.3 Å². The van der Waals surface area contributed by atoms with E-state index in [4.69, 9.17) is 5.73 Å². The molecule has 1 fully saturated rings. The molecular formula is C16H21N3O2. The molecule has 5 heteroatoms. The zero-order chi connectivity index (χ0) is 15.0. The molecule has 2 aliphatic heterocycles. The van der Waals surface area contributed by atoms with E-state index in [1.54, 1.807) is 6.07 Å². The number of carbonyl (C=O) groups is 2. The molecule has 0 aliphatic carbocycles. The number of carbonyl (C=O) groups excluding carboxylic acids is 2. The summed E-state index contributed by atoms with van der Waals surface area (Å²) in [4.78, 5) is 26.0. The third-order valence-corrected chi connectivity index (χ3v) is 4.50. The van der Waals surface area contributed by atoms with Gasteiger partial charge in [0.1, 0.15) is 0 Å². The second-order valence-corrected chi connectivity index (χ2v) is 6.06. The van der Waals surface area contributed by atoms with Gasteiger partial charge < -0.3 is 16.0 Å². The molecule has 3 N–H and O–H groups in total. The summed E-state index contributed by atoms with van der Waals surface area (Å²) in [5.74, 6) is 0.513. The van der Waals surface area contributed by atoms with E-state index in [0.717, 1.165) is 24.2 Å². The predicted molar refractivity (Wildman–Crippen MR) is 81.1 cm³/mol. The van der Waals surface area contributed by atoms with Crippen LogP contribution in [0.4, 0.5) is 5.69 Å². The van der Waals surface area contributed by atoms with Crippen molar-refractivity contribution < 1.29 is 9.59 Å². The number of rotatable bonds is 2. The fourth-order valence-corrected chi connectivity index (χ4v) is 3.28. The molecule has 3 rings (SSSR count). The Hall–Kier alpha value is -1.88. The number of hydrogen-bond donors (Lipinski definition) is 2. The highest BCUT2D eigenvalue weighted by Crippen LogP contribution is 2.27. The molecule has 2 heterocycles. The van der Waals surface area contributed by atoms with Gasteiger partial charge in [-0.1, -0.05) is 0 Å². The molecular weight excluding hydrogens is 266 g/mol. The minimum atomic E-state index is 0.0422. The lowest BCUT2D eigenvalue weighted by molar-refractivity contribution is -0.116. The zero-order valence-corrected chi connectivity index (χ0v) is 12.3. The SMILES string of the molecule is CC1CC(CN)CN1C(=O)c1ccc2c(c1)CCC(=O)N2. The number of fused-ring (bicyclic) bond motifs is 1. The second kappa shape index (κ2) is 5.48. The van der Waals surface area contributed by atoms with Crippen molar-refractivity contribution in [3.8, 4) is 0 Å². The molecule has 0 aromatic heterocycles. The van der Waals surface area contributed by atoms with Crippen molar-refractivity contribution in [2.75, 3.05) is 18.4 Å². The lowest BCUT2D eigenvalue weighted by atomic mass is 10.00. The quantitative estimate of drug-likeness (QED) is 0.863. The Balaban J connectivity index is 1.81. The van der Waals surface area contributed by atoms with E-state index in [1.807, 2.05) is 17.0 Å². The van der Waals surface area contributed by atoms with Gasteiger partial charge in [-0.3, -0.25) is 9.59 Å². The Kier molecular flexibility index (Phi) is 3.68. The topological polar surface area (TPSA) is 75.4 Å². The van der Waals surface area contributed by atoms with Crippen molar-refractivity contribution in [1.82, 2.24) is 4.90 Å². The Morgan fingerprint density at radius 3 is 2.95 bits per heavy atom. The van der Waals surface area contributed by atoms with Gasteiger partial charge in [0.2, 0.25) is 5.91 Å². The minimum Gasteiger partial charge on any atom is -0.336 e. The van der Waals surface area contributed by atoms with Gasteiger partial charge in [0.15, 0.2) is 0 Å². The first-order valence-electron chi connectivity index (χ1n) is 7.52. The van der Waals surface area contributed by atoms with Crippen molar-refractivity contribution >= 4 is 17.5 Å². The average Bonchev–Trinajstić information content (AvgIpc) is 2.87. The summed E-state index contributed by atoms with van der Waals surface area (Å²) in [5, 5.41) is 2.84. The van der Waals surface area contributed by atoms with Gasteiger partial charge in [-0.05, 0) is 56.0 Å². The maximum absolute atomic E-state index is 12.7. The van der Waals surface area contributed by atoms with Crippen LogP contribution in [0.5, 0.6) is 0 Å². The minimum absolute atomic E-state index is 0.0422. The van der Waals surface area contributed by atoms with Crippen LogP contribution in [-0.2, 0) is 11.2 Å². The number of likely N-dealkylation sites (tertiary alicyclic amines) is 1. The van der Waals surface area contributed by atoms with Crippen LogP contribution in [0.25, 0.3) is 0 Å². The number of nitrogens with two attached hydrogens (primary N) is 1. The van der Waals surface area contributed by atoms with Crippen LogP contribution in [0.2, 0.25) is 0 Å². The lowest BCUT2D eigenvalue weighted by Crippen LogP contribution is -2.34. The Morgan fingerprint density at radius 2 is 2.24 bits per heavy atom. The molecule has 2 unspecified atom stereocenters. The Morgan fingerprint density at radius 1 is 1.43 bits per heavy atom. The van der Waals surface area contributed by atoms with Crippen LogP contribution >= 0.6 is 0 Å². The number of amides is 2. The molecule has 21 heavy (non-hydrogen) atoms. The van der Waals surface area contributed by atoms with Crippen molar-refractivity contribution in [3.63, 3.8) is 0 Å². The summed E-state index contributed by atoms with van der Waals surface area (Å²) < 4.78 is 0. The van der Waals surface area contributed by atoms with Crippen LogP contribution in [0, 0.1) is 5.92 Å². The second-order valence-electron chi connectivity index (χ2n) is 6.06. The highest BCUT2D eigenvalue weighted by Gasteiger charge is 2.32. The van der Waals surface area contributed by atoms with Crippen molar-refractivity contribution in [2.24, 2.45) is 11.7 Å². The largest absolute Gasteiger partial charge is 0.336 e. The first kappa shape index (κ1) is 14.1. The molecule has 0 saturated carbocycles. The first-order chi connectivity index (χ1) is 10.1. The molecule has 1 aromatic carbocycles. The van der Waals surface area contributed by atoms with Crippen LogP contribution in [0.3, 0.4) is 0 Å². The number of benzene rings is 1. The number of nitrogens with zero attached hydrogens (tertiary/aromatic N) is 1. The summed E-state index contributed by atoms with van der Waals surface area (Å²) in [6.07, 6.45) is 2.16. The number of hydrogen-bond acceptors (Lipinski definition) is 3. The van der Waals surface area contributed by atoms with E-state index in [2.05, 4.69) is 12.2 Å². The van der Waals surface area contributed by atoms with Crippen LogP contribution in [0.15, 0.2) is 18.2 Å². The van der Waals surface area contributed by atoms with E-state index in [0.29, 0.717) is 30.9 Å². The van der Waals surface area contributed by atoms with E-state index < -0.39 is 0 Å². The van der Waals surface area contributed by atoms with E-state index in [9.17, 15) is 9.59 Å². The standard InChI is InChI=1S/C16H21N3O2/c1-10-6-11(8-17)9-19(10)16(21)13-2-4-14-12(7-13)3-5-15(20)18-14/h2,4,7,10-11H,3,5-6,8-9,17H2,1H3,(H,18,20). The molecule has 2 atom stereocenters. The molecule has 5 nitrogen and oxygen atoms in total. The van der Waals surface area contributed by atoms with Gasteiger partial charge in [0.05, 0.1) is 0 Å². The summed E-state index contributed by atoms with van der Waals surface area (Å²) in [5.41, 5.74) is 8.30. The van der Waals surface area contributed by atoms with Gasteiger partial charge in [-0.25, -0.2) is 0 Å². The van der Waals surface area contributed by atoms with Crippen LogP contribution in [-0.4, -0.2) is 35.8 Å². The Bertz CT molecular complexity index is 585. The van der Waals surface area contributed by atoms with Gasteiger partial charge in [0.25, 0.3) is 5.91 Å². The fraction of sp³-hybridized carbons (Fsp3) is 0.500. The molecule has 1 aromatic rings. The smallest absolute Gasteiger partial charge is 0.254 e.